The lowest BCUT2D eigenvalue weighted by atomic mass is 10.3. The van der Waals surface area contributed by atoms with Crippen molar-refractivity contribution in [1.82, 2.24) is 14.9 Å². The quantitative estimate of drug-likeness (QED) is 0.571. The topological polar surface area (TPSA) is 113 Å². The number of aryl methyl sites for hydroxylation is 1. The summed E-state index contributed by atoms with van der Waals surface area (Å²) in [5.74, 6) is 0.389. The van der Waals surface area contributed by atoms with E-state index in [0.29, 0.717) is 0 Å². The van der Waals surface area contributed by atoms with Crippen LogP contribution in [0.2, 0.25) is 0 Å². The van der Waals surface area contributed by atoms with Crippen molar-refractivity contribution in [1.29, 1.82) is 0 Å². The Labute approximate surface area is 83.4 Å². The second-order valence-corrected chi connectivity index (χ2v) is 2.88. The van der Waals surface area contributed by atoms with E-state index in [1.54, 1.807) is 7.05 Å². The summed E-state index contributed by atoms with van der Waals surface area (Å²) in [5, 5.41) is 17.9. The summed E-state index contributed by atoms with van der Waals surface area (Å²) in [4.78, 5) is 10.1. The van der Waals surface area contributed by atoms with E-state index in [0.717, 1.165) is 6.20 Å². The molecule has 8 nitrogen and oxygen atoms in total. The summed E-state index contributed by atoms with van der Waals surface area (Å²) in [6, 6.07) is 1.41. The van der Waals surface area contributed by atoms with Gasteiger partial charge in [-0.1, -0.05) is 5.16 Å². The summed E-state index contributed by atoms with van der Waals surface area (Å²) in [6.45, 7) is 0. The van der Waals surface area contributed by atoms with Crippen LogP contribution in [-0.4, -0.2) is 19.9 Å². The number of anilines is 1. The predicted molar refractivity (Wildman–Crippen MR) is 49.8 cm³/mol. The van der Waals surface area contributed by atoms with Crippen molar-refractivity contribution < 1.29 is 9.45 Å². The molecule has 0 aliphatic carbocycles. The molecule has 2 aromatic rings. The van der Waals surface area contributed by atoms with Crippen LogP contribution in [0.15, 0.2) is 16.8 Å². The van der Waals surface area contributed by atoms with Crippen molar-refractivity contribution in [2.45, 2.75) is 0 Å². The lowest BCUT2D eigenvalue weighted by molar-refractivity contribution is -0.384. The molecule has 0 amide bonds. The number of rotatable bonds is 2. The zero-order chi connectivity index (χ0) is 11.0. The molecule has 0 aliphatic rings. The molecule has 0 aromatic carbocycles. The number of aromatic nitrogens is 3. The molecule has 2 aromatic heterocycles. The van der Waals surface area contributed by atoms with E-state index in [-0.39, 0.29) is 23.0 Å². The van der Waals surface area contributed by atoms with E-state index in [2.05, 4.69) is 10.3 Å². The summed E-state index contributed by atoms with van der Waals surface area (Å²) < 4.78 is 6.17. The highest BCUT2D eigenvalue weighted by atomic mass is 16.6. The van der Waals surface area contributed by atoms with E-state index in [9.17, 15) is 10.1 Å². The van der Waals surface area contributed by atoms with Crippen LogP contribution in [0.3, 0.4) is 0 Å². The first-order chi connectivity index (χ1) is 7.09. The third-order valence-electron chi connectivity index (χ3n) is 1.88. The van der Waals surface area contributed by atoms with Crippen molar-refractivity contribution >= 4 is 11.5 Å². The van der Waals surface area contributed by atoms with Gasteiger partial charge in [-0.15, -0.1) is 0 Å². The van der Waals surface area contributed by atoms with Gasteiger partial charge in [-0.05, 0) is 0 Å². The smallest absolute Gasteiger partial charge is 0.318 e. The average molecular weight is 209 g/mol. The van der Waals surface area contributed by atoms with E-state index < -0.39 is 4.92 Å². The second-order valence-electron chi connectivity index (χ2n) is 2.88. The minimum Gasteiger partial charge on any atom is -0.381 e. The Morgan fingerprint density at radius 3 is 2.93 bits per heavy atom. The average Bonchev–Trinajstić information content (AvgIpc) is 2.71. The maximum atomic E-state index is 10.7. The third-order valence-corrected chi connectivity index (χ3v) is 1.88. The zero-order valence-electron chi connectivity index (χ0n) is 7.75. The molecule has 0 atom stereocenters. The van der Waals surface area contributed by atoms with Crippen LogP contribution in [0, 0.1) is 10.1 Å². The number of hydrogen-bond acceptors (Lipinski definition) is 6. The molecule has 78 valence electrons. The molecule has 0 radical (unpaired) electrons. The second kappa shape index (κ2) is 3.08. The van der Waals surface area contributed by atoms with Crippen molar-refractivity contribution in [3.05, 3.63) is 22.4 Å². The Hall–Kier alpha value is -2.38. The van der Waals surface area contributed by atoms with Gasteiger partial charge in [-0.3, -0.25) is 14.8 Å². The highest BCUT2D eigenvalue weighted by molar-refractivity contribution is 5.66. The first-order valence-electron chi connectivity index (χ1n) is 3.98. The number of nitrogen functional groups attached to an aromatic ring is 1. The van der Waals surface area contributed by atoms with Gasteiger partial charge in [0.15, 0.2) is 17.3 Å². The molecule has 2 heterocycles. The normalized spacial score (nSPS) is 10.5. The Balaban J connectivity index is 2.60. The van der Waals surface area contributed by atoms with Crippen LogP contribution in [0.1, 0.15) is 0 Å². The molecule has 15 heavy (non-hydrogen) atoms. The Kier molecular flexibility index (Phi) is 1.89. The molecular weight excluding hydrogens is 202 g/mol. The summed E-state index contributed by atoms with van der Waals surface area (Å²) in [7, 11) is 1.57. The Bertz CT molecular complexity index is 514. The number of nitrogens with zero attached hydrogens (tertiary/aromatic N) is 4. The monoisotopic (exact) mass is 209 g/mol. The number of nitro groups is 1. The van der Waals surface area contributed by atoms with Gasteiger partial charge in [0.2, 0.25) is 0 Å². The minimum absolute atomic E-state index is 0.145. The maximum Gasteiger partial charge on any atom is 0.318 e. The van der Waals surface area contributed by atoms with Gasteiger partial charge in [0.25, 0.3) is 0 Å². The van der Waals surface area contributed by atoms with Crippen LogP contribution in [0.4, 0.5) is 11.5 Å². The van der Waals surface area contributed by atoms with Gasteiger partial charge in [0.1, 0.15) is 6.20 Å². The summed E-state index contributed by atoms with van der Waals surface area (Å²) in [5.41, 5.74) is 5.45. The summed E-state index contributed by atoms with van der Waals surface area (Å²) in [6.07, 6.45) is 1.15. The number of nitrogens with two attached hydrogens (primary N) is 1. The lowest BCUT2D eigenvalue weighted by Crippen LogP contribution is -1.95. The van der Waals surface area contributed by atoms with Crippen molar-refractivity contribution in [2.75, 3.05) is 5.73 Å². The van der Waals surface area contributed by atoms with Gasteiger partial charge < -0.3 is 10.3 Å². The predicted octanol–water partition coefficient (Wildman–Crippen LogP) is 0.566. The van der Waals surface area contributed by atoms with Crippen LogP contribution < -0.4 is 5.73 Å². The summed E-state index contributed by atoms with van der Waals surface area (Å²) >= 11 is 0. The number of hydrogen-bond donors (Lipinski definition) is 1. The Morgan fingerprint density at radius 1 is 1.67 bits per heavy atom. The molecular formula is C7H7N5O3. The van der Waals surface area contributed by atoms with Crippen LogP contribution in [0.25, 0.3) is 11.5 Å². The molecule has 0 spiro atoms. The lowest BCUT2D eigenvalue weighted by Gasteiger charge is -1.94. The van der Waals surface area contributed by atoms with Crippen molar-refractivity contribution in [3.8, 4) is 11.5 Å². The first kappa shape index (κ1) is 9.19. The van der Waals surface area contributed by atoms with E-state index >= 15 is 0 Å². The van der Waals surface area contributed by atoms with Gasteiger partial charge in [0.05, 0.1) is 4.92 Å². The van der Waals surface area contributed by atoms with Gasteiger partial charge in [-0.2, -0.15) is 5.10 Å². The third kappa shape index (κ3) is 1.41. The van der Waals surface area contributed by atoms with Crippen LogP contribution >= 0.6 is 0 Å². The van der Waals surface area contributed by atoms with Crippen LogP contribution in [-0.2, 0) is 7.05 Å². The molecule has 0 aliphatic heterocycles. The fourth-order valence-corrected chi connectivity index (χ4v) is 1.25. The van der Waals surface area contributed by atoms with Gasteiger partial charge in [0, 0.05) is 13.1 Å². The highest BCUT2D eigenvalue weighted by Gasteiger charge is 2.23. The zero-order valence-corrected chi connectivity index (χ0v) is 7.75. The largest absolute Gasteiger partial charge is 0.381 e. The fraction of sp³-hybridized carbons (Fsp3) is 0.143. The molecule has 0 fully saturated rings. The fourth-order valence-electron chi connectivity index (χ4n) is 1.25. The van der Waals surface area contributed by atoms with Crippen molar-refractivity contribution in [3.63, 3.8) is 0 Å². The van der Waals surface area contributed by atoms with E-state index in [1.165, 1.54) is 10.7 Å². The molecule has 0 saturated carbocycles. The van der Waals surface area contributed by atoms with Gasteiger partial charge in [-0.25, -0.2) is 0 Å². The minimum atomic E-state index is -0.541. The molecule has 2 N–H and O–H groups in total. The van der Waals surface area contributed by atoms with E-state index in [1.807, 2.05) is 0 Å². The molecule has 0 saturated heterocycles. The Morgan fingerprint density at radius 2 is 2.40 bits per heavy atom. The standard InChI is InChI=1S/C7H7N5O3/c1-11-7(4(3-9-11)12(13)14)5-2-6(8)10-15-5/h2-3H,1H3,(H2,8,10). The SMILES string of the molecule is Cn1ncc([N+](=O)[O-])c1-c1cc(N)no1. The molecule has 8 heteroatoms. The molecule has 0 unspecified atom stereocenters. The highest BCUT2D eigenvalue weighted by Crippen LogP contribution is 2.29. The van der Waals surface area contributed by atoms with Crippen molar-refractivity contribution in [2.24, 2.45) is 7.05 Å². The van der Waals surface area contributed by atoms with E-state index in [4.69, 9.17) is 10.3 Å². The van der Waals surface area contributed by atoms with Gasteiger partial charge >= 0.3 is 5.69 Å². The first-order valence-corrected chi connectivity index (χ1v) is 3.98. The maximum absolute atomic E-state index is 10.7. The van der Waals surface area contributed by atoms with Crippen LogP contribution in [0.5, 0.6) is 0 Å². The molecule has 2 rings (SSSR count). The molecule has 0 bridgehead atoms.